The summed E-state index contributed by atoms with van der Waals surface area (Å²) in [6.45, 7) is 0.00457. The van der Waals surface area contributed by atoms with Crippen LogP contribution in [0.25, 0.3) is 66.1 Å². The van der Waals surface area contributed by atoms with Gasteiger partial charge in [-0.1, -0.05) is 115 Å². The molecular formula is C54H33BN2O2. The van der Waals surface area contributed by atoms with Crippen LogP contribution in [0, 0.1) is 0 Å². The maximum Gasteiger partial charge on any atom is 0.252 e. The first kappa shape index (κ1) is 32.3. The molecule has 2 aromatic heterocycles. The summed E-state index contributed by atoms with van der Waals surface area (Å²) in [7, 11) is 0. The maximum atomic E-state index is 6.36. The van der Waals surface area contributed by atoms with Crippen molar-refractivity contribution >= 4 is 101 Å². The van der Waals surface area contributed by atoms with Crippen molar-refractivity contribution in [1.29, 1.82) is 0 Å². The Hall–Kier alpha value is -7.76. The minimum absolute atomic E-state index is 0.00457. The van der Waals surface area contributed by atoms with E-state index in [0.717, 1.165) is 77.5 Å². The van der Waals surface area contributed by atoms with Crippen molar-refractivity contribution in [2.24, 2.45) is 0 Å². The Morgan fingerprint density at radius 1 is 0.305 bits per heavy atom. The Balaban J connectivity index is 1.03. The second kappa shape index (κ2) is 12.4. The Bertz CT molecular complexity index is 3250. The van der Waals surface area contributed by atoms with E-state index in [0.29, 0.717) is 0 Å². The highest BCUT2D eigenvalue weighted by atomic mass is 16.3. The van der Waals surface area contributed by atoms with E-state index in [1.165, 1.54) is 39.1 Å². The summed E-state index contributed by atoms with van der Waals surface area (Å²) in [4.78, 5) is 4.91. The summed E-state index contributed by atoms with van der Waals surface area (Å²) in [6, 6.07) is 72.2. The van der Waals surface area contributed by atoms with Crippen LogP contribution in [0.2, 0.25) is 0 Å². The molecule has 0 unspecified atom stereocenters. The van der Waals surface area contributed by atoms with Crippen LogP contribution in [0.5, 0.6) is 0 Å². The van der Waals surface area contributed by atoms with Gasteiger partial charge in [-0.3, -0.25) is 0 Å². The Labute approximate surface area is 340 Å². The van der Waals surface area contributed by atoms with Crippen LogP contribution < -0.4 is 26.2 Å². The van der Waals surface area contributed by atoms with Crippen molar-refractivity contribution in [2.45, 2.75) is 0 Å². The lowest BCUT2D eigenvalue weighted by Crippen LogP contribution is -2.61. The number of benzene rings is 9. The molecule has 274 valence electrons. The number of furan rings is 2. The summed E-state index contributed by atoms with van der Waals surface area (Å²) < 4.78 is 12.7. The van der Waals surface area contributed by atoms with E-state index in [-0.39, 0.29) is 6.71 Å². The van der Waals surface area contributed by atoms with Gasteiger partial charge in [-0.05, 0) is 124 Å². The van der Waals surface area contributed by atoms with Crippen molar-refractivity contribution in [3.63, 3.8) is 0 Å². The quantitative estimate of drug-likeness (QED) is 0.168. The fraction of sp³-hybridized carbons (Fsp3) is 0. The summed E-state index contributed by atoms with van der Waals surface area (Å²) in [5.74, 6) is 0. The second-order valence-electron chi connectivity index (χ2n) is 15.7. The van der Waals surface area contributed by atoms with Gasteiger partial charge in [0.25, 0.3) is 6.71 Å². The van der Waals surface area contributed by atoms with Gasteiger partial charge in [0.1, 0.15) is 22.3 Å². The zero-order valence-corrected chi connectivity index (χ0v) is 31.8. The first-order valence-corrected chi connectivity index (χ1v) is 20.2. The van der Waals surface area contributed by atoms with Gasteiger partial charge in [-0.2, -0.15) is 0 Å². The first-order valence-electron chi connectivity index (χ1n) is 20.2. The normalized spacial score (nSPS) is 13.0. The second-order valence-corrected chi connectivity index (χ2v) is 15.7. The van der Waals surface area contributed by atoms with E-state index in [1.807, 2.05) is 24.3 Å². The standard InChI is InChI=1S/C54H33BN2O2/c1-3-12-38(13-4-1)56-46-18-11-19-47-54(46)55(44-28-24-34(30-48(44)56)36-22-26-42-40-16-7-9-20-50(40)58-52(42)32-36)45-29-25-35(31-49(45)57(47)39-14-5-2-6-15-39)37-23-27-43-41-17-8-10-21-51(41)59-53(43)33-37/h1-33H. The molecule has 2 aliphatic rings. The van der Waals surface area contributed by atoms with E-state index < -0.39 is 0 Å². The third-order valence-electron chi connectivity index (χ3n) is 12.4. The van der Waals surface area contributed by atoms with Gasteiger partial charge in [-0.25, -0.2) is 0 Å². The van der Waals surface area contributed by atoms with Crippen LogP contribution >= 0.6 is 0 Å². The van der Waals surface area contributed by atoms with E-state index in [1.54, 1.807) is 0 Å². The van der Waals surface area contributed by atoms with Crippen LogP contribution in [-0.4, -0.2) is 6.71 Å². The molecule has 0 fully saturated rings. The van der Waals surface area contributed by atoms with E-state index in [2.05, 4.69) is 186 Å². The van der Waals surface area contributed by atoms with Crippen LogP contribution in [0.15, 0.2) is 209 Å². The number of rotatable bonds is 4. The van der Waals surface area contributed by atoms with Gasteiger partial charge < -0.3 is 18.6 Å². The van der Waals surface area contributed by atoms with E-state index in [9.17, 15) is 0 Å². The smallest absolute Gasteiger partial charge is 0.252 e. The number of fused-ring (bicyclic) bond motifs is 10. The monoisotopic (exact) mass is 752 g/mol. The fourth-order valence-corrected chi connectivity index (χ4v) is 9.81. The highest BCUT2D eigenvalue weighted by Crippen LogP contribution is 2.46. The maximum absolute atomic E-state index is 6.36. The predicted octanol–water partition coefficient (Wildman–Crippen LogP) is 12.9. The van der Waals surface area contributed by atoms with Gasteiger partial charge >= 0.3 is 0 Å². The molecule has 4 heterocycles. The molecule has 0 N–H and O–H groups in total. The van der Waals surface area contributed by atoms with Gasteiger partial charge in [0, 0.05) is 55.7 Å². The Kier molecular flexibility index (Phi) is 6.78. The van der Waals surface area contributed by atoms with Crippen molar-refractivity contribution in [1.82, 2.24) is 0 Å². The van der Waals surface area contributed by atoms with Gasteiger partial charge in [0.15, 0.2) is 0 Å². The molecule has 4 nitrogen and oxygen atoms in total. The molecule has 11 aromatic rings. The molecule has 5 heteroatoms. The molecule has 0 radical (unpaired) electrons. The van der Waals surface area contributed by atoms with Crippen molar-refractivity contribution in [2.75, 3.05) is 9.80 Å². The number of hydrogen-bond acceptors (Lipinski definition) is 4. The minimum Gasteiger partial charge on any atom is -0.456 e. The average molecular weight is 753 g/mol. The third kappa shape index (κ3) is 4.79. The number of anilines is 6. The number of para-hydroxylation sites is 4. The topological polar surface area (TPSA) is 32.8 Å². The van der Waals surface area contributed by atoms with Gasteiger partial charge in [0.05, 0.1) is 0 Å². The van der Waals surface area contributed by atoms with Gasteiger partial charge in [-0.15, -0.1) is 0 Å². The minimum atomic E-state index is 0.00457. The van der Waals surface area contributed by atoms with Crippen LogP contribution in [-0.2, 0) is 0 Å². The molecule has 2 aliphatic heterocycles. The summed E-state index contributed by atoms with van der Waals surface area (Å²) in [5.41, 5.74) is 18.9. The molecular weight excluding hydrogens is 719 g/mol. The SMILES string of the molecule is c1ccc(N2c3cc(-c4ccc5c(c4)oc4ccccc45)ccc3B3c4ccc(-c5ccc6c(c5)oc5ccccc56)cc4N(c4ccccc4)c4cccc2c43)cc1. The molecule has 0 aliphatic carbocycles. The average Bonchev–Trinajstić information content (AvgIpc) is 3.87. The lowest BCUT2D eigenvalue weighted by atomic mass is 9.33. The van der Waals surface area contributed by atoms with Crippen LogP contribution in [0.1, 0.15) is 0 Å². The zero-order chi connectivity index (χ0) is 38.6. The molecule has 0 bridgehead atoms. The predicted molar refractivity (Wildman–Crippen MR) is 246 cm³/mol. The molecule has 0 amide bonds. The molecule has 0 atom stereocenters. The van der Waals surface area contributed by atoms with Crippen molar-refractivity contribution in [3.8, 4) is 22.3 Å². The zero-order valence-electron chi connectivity index (χ0n) is 31.8. The number of nitrogens with zero attached hydrogens (tertiary/aromatic N) is 2. The number of hydrogen-bond donors (Lipinski definition) is 0. The molecule has 13 rings (SSSR count). The highest BCUT2D eigenvalue weighted by Gasteiger charge is 2.43. The highest BCUT2D eigenvalue weighted by molar-refractivity contribution is 7.00. The molecule has 0 saturated heterocycles. The molecule has 9 aromatic carbocycles. The molecule has 0 spiro atoms. The van der Waals surface area contributed by atoms with Gasteiger partial charge in [0.2, 0.25) is 0 Å². The Morgan fingerprint density at radius 3 is 1.20 bits per heavy atom. The van der Waals surface area contributed by atoms with Crippen LogP contribution in [0.3, 0.4) is 0 Å². The lowest BCUT2D eigenvalue weighted by molar-refractivity contribution is 0.668. The molecule has 0 saturated carbocycles. The van der Waals surface area contributed by atoms with Crippen molar-refractivity contribution in [3.05, 3.63) is 200 Å². The molecule has 59 heavy (non-hydrogen) atoms. The Morgan fingerprint density at radius 2 is 0.712 bits per heavy atom. The summed E-state index contributed by atoms with van der Waals surface area (Å²) in [6.07, 6.45) is 0. The fourth-order valence-electron chi connectivity index (χ4n) is 9.81. The third-order valence-corrected chi connectivity index (χ3v) is 12.4. The lowest BCUT2D eigenvalue weighted by Gasteiger charge is -2.44. The first-order chi connectivity index (χ1) is 29.2. The van der Waals surface area contributed by atoms with Crippen molar-refractivity contribution < 1.29 is 8.83 Å². The van der Waals surface area contributed by atoms with Crippen LogP contribution in [0.4, 0.5) is 34.1 Å². The largest absolute Gasteiger partial charge is 0.456 e. The summed E-state index contributed by atoms with van der Waals surface area (Å²) in [5, 5.41) is 4.54. The van der Waals surface area contributed by atoms with E-state index in [4.69, 9.17) is 8.83 Å². The summed E-state index contributed by atoms with van der Waals surface area (Å²) >= 11 is 0. The van der Waals surface area contributed by atoms with E-state index >= 15 is 0 Å².